The second kappa shape index (κ2) is 4.10. The number of hydrogen-bond donors (Lipinski definition) is 2. The third kappa shape index (κ3) is 2.54. The summed E-state index contributed by atoms with van der Waals surface area (Å²) < 4.78 is 0. The highest BCUT2D eigenvalue weighted by Gasteiger charge is 2.00. The normalized spacial score (nSPS) is 9.93. The standard InChI is InChI=1S/C9H8ClN5/c10-6-5-8(15-9(11)13-6)14-7-3-1-2-4-12-7/h1-5H,(H3,11,12,13,14,15). The molecule has 2 aromatic rings. The average Bonchev–Trinajstić information content (AvgIpc) is 2.17. The van der Waals surface area contributed by atoms with E-state index in [4.69, 9.17) is 17.3 Å². The second-order valence-electron chi connectivity index (χ2n) is 2.77. The fourth-order valence-corrected chi connectivity index (χ4v) is 1.26. The Hall–Kier alpha value is -1.88. The van der Waals surface area contributed by atoms with Gasteiger partial charge >= 0.3 is 0 Å². The van der Waals surface area contributed by atoms with Gasteiger partial charge in [-0.25, -0.2) is 9.97 Å². The minimum atomic E-state index is 0.126. The Balaban J connectivity index is 2.25. The lowest BCUT2D eigenvalue weighted by molar-refractivity contribution is 1.17. The molecule has 0 aliphatic heterocycles. The third-order valence-corrected chi connectivity index (χ3v) is 1.83. The monoisotopic (exact) mass is 221 g/mol. The largest absolute Gasteiger partial charge is 0.368 e. The summed E-state index contributed by atoms with van der Waals surface area (Å²) in [4.78, 5) is 11.8. The van der Waals surface area contributed by atoms with Crippen LogP contribution in [0.4, 0.5) is 17.6 Å². The zero-order chi connectivity index (χ0) is 10.7. The lowest BCUT2D eigenvalue weighted by atomic mass is 10.4. The average molecular weight is 222 g/mol. The van der Waals surface area contributed by atoms with Crippen LogP contribution in [0.3, 0.4) is 0 Å². The van der Waals surface area contributed by atoms with Crippen molar-refractivity contribution < 1.29 is 0 Å². The lowest BCUT2D eigenvalue weighted by Crippen LogP contribution is -2.00. The lowest BCUT2D eigenvalue weighted by Gasteiger charge is -2.04. The highest BCUT2D eigenvalue weighted by Crippen LogP contribution is 2.15. The molecule has 0 aromatic carbocycles. The van der Waals surface area contributed by atoms with Crippen molar-refractivity contribution in [2.75, 3.05) is 11.1 Å². The van der Waals surface area contributed by atoms with Crippen molar-refractivity contribution in [3.63, 3.8) is 0 Å². The molecule has 0 spiro atoms. The summed E-state index contributed by atoms with van der Waals surface area (Å²) in [5.41, 5.74) is 5.45. The molecule has 2 rings (SSSR count). The number of hydrogen-bond acceptors (Lipinski definition) is 5. The van der Waals surface area contributed by atoms with Crippen LogP contribution in [0.15, 0.2) is 30.5 Å². The summed E-state index contributed by atoms with van der Waals surface area (Å²) in [5.74, 6) is 1.32. The van der Waals surface area contributed by atoms with Crippen molar-refractivity contribution in [3.05, 3.63) is 35.6 Å². The number of nitrogens with one attached hydrogen (secondary N) is 1. The molecule has 0 saturated carbocycles. The maximum atomic E-state index is 5.72. The van der Waals surface area contributed by atoms with Crippen molar-refractivity contribution in [2.24, 2.45) is 0 Å². The molecule has 6 heteroatoms. The van der Waals surface area contributed by atoms with Crippen LogP contribution < -0.4 is 11.1 Å². The minimum Gasteiger partial charge on any atom is -0.368 e. The van der Waals surface area contributed by atoms with E-state index in [1.54, 1.807) is 12.3 Å². The molecule has 0 unspecified atom stereocenters. The van der Waals surface area contributed by atoms with Crippen LogP contribution in [0.2, 0.25) is 5.15 Å². The van der Waals surface area contributed by atoms with Gasteiger partial charge in [0.1, 0.15) is 16.8 Å². The minimum absolute atomic E-state index is 0.126. The van der Waals surface area contributed by atoms with E-state index in [-0.39, 0.29) is 5.95 Å². The number of nitrogens with zero attached hydrogens (tertiary/aromatic N) is 3. The first-order valence-corrected chi connectivity index (χ1v) is 4.60. The van der Waals surface area contributed by atoms with Crippen molar-refractivity contribution >= 4 is 29.2 Å². The van der Waals surface area contributed by atoms with Gasteiger partial charge in [-0.05, 0) is 12.1 Å². The smallest absolute Gasteiger partial charge is 0.223 e. The second-order valence-corrected chi connectivity index (χ2v) is 3.16. The Morgan fingerprint density at radius 1 is 1.20 bits per heavy atom. The first kappa shape index (κ1) is 9.67. The fourth-order valence-electron chi connectivity index (χ4n) is 1.07. The number of aromatic nitrogens is 3. The number of nitrogen functional groups attached to an aromatic ring is 1. The van der Waals surface area contributed by atoms with E-state index >= 15 is 0 Å². The molecule has 2 aromatic heterocycles. The molecule has 0 aliphatic carbocycles. The van der Waals surface area contributed by atoms with Gasteiger partial charge in [-0.2, -0.15) is 4.98 Å². The molecule has 15 heavy (non-hydrogen) atoms. The molecule has 0 bridgehead atoms. The highest BCUT2D eigenvalue weighted by molar-refractivity contribution is 6.29. The summed E-state index contributed by atoms with van der Waals surface area (Å²) in [6.45, 7) is 0. The molecule has 3 N–H and O–H groups in total. The topological polar surface area (TPSA) is 76.7 Å². The summed E-state index contributed by atoms with van der Waals surface area (Å²) in [7, 11) is 0. The summed E-state index contributed by atoms with van der Waals surface area (Å²) in [6.07, 6.45) is 1.68. The molecule has 2 heterocycles. The summed E-state index contributed by atoms with van der Waals surface area (Å²) in [6, 6.07) is 7.08. The zero-order valence-corrected chi connectivity index (χ0v) is 8.44. The first-order valence-electron chi connectivity index (χ1n) is 4.22. The van der Waals surface area contributed by atoms with Crippen molar-refractivity contribution in [2.45, 2.75) is 0 Å². The molecule has 0 amide bonds. The molecular formula is C9H8ClN5. The van der Waals surface area contributed by atoms with Gasteiger partial charge in [0.15, 0.2) is 0 Å². The van der Waals surface area contributed by atoms with Crippen LogP contribution in [0.1, 0.15) is 0 Å². The predicted octanol–water partition coefficient (Wildman–Crippen LogP) is 1.85. The zero-order valence-electron chi connectivity index (χ0n) is 7.68. The molecule has 0 radical (unpaired) electrons. The van der Waals surface area contributed by atoms with E-state index in [0.29, 0.717) is 16.8 Å². The molecule has 0 atom stereocenters. The highest BCUT2D eigenvalue weighted by atomic mass is 35.5. The number of rotatable bonds is 2. The third-order valence-electron chi connectivity index (χ3n) is 1.63. The summed E-state index contributed by atoms with van der Waals surface area (Å²) >= 11 is 5.72. The van der Waals surface area contributed by atoms with Gasteiger partial charge in [0.25, 0.3) is 0 Å². The van der Waals surface area contributed by atoms with E-state index in [1.807, 2.05) is 18.2 Å². The van der Waals surface area contributed by atoms with Gasteiger partial charge < -0.3 is 11.1 Å². The van der Waals surface area contributed by atoms with E-state index < -0.39 is 0 Å². The van der Waals surface area contributed by atoms with Crippen molar-refractivity contribution in [3.8, 4) is 0 Å². The maximum absolute atomic E-state index is 5.72. The van der Waals surface area contributed by atoms with Crippen LogP contribution in [0, 0.1) is 0 Å². The van der Waals surface area contributed by atoms with Gasteiger partial charge in [-0.1, -0.05) is 17.7 Å². The Labute approximate surface area is 91.3 Å². The van der Waals surface area contributed by atoms with Crippen LogP contribution in [-0.2, 0) is 0 Å². The van der Waals surface area contributed by atoms with Gasteiger partial charge in [0.05, 0.1) is 0 Å². The molecule has 0 fully saturated rings. The predicted molar refractivity (Wildman–Crippen MR) is 59.0 cm³/mol. The molecule has 5 nitrogen and oxygen atoms in total. The van der Waals surface area contributed by atoms with Gasteiger partial charge in [-0.15, -0.1) is 0 Å². The molecular weight excluding hydrogens is 214 g/mol. The first-order chi connectivity index (χ1) is 7.24. The van der Waals surface area contributed by atoms with Crippen LogP contribution in [-0.4, -0.2) is 15.0 Å². The van der Waals surface area contributed by atoms with E-state index in [1.165, 1.54) is 0 Å². The Bertz CT molecular complexity index is 439. The number of pyridine rings is 1. The fraction of sp³-hybridized carbons (Fsp3) is 0. The molecule has 0 aliphatic rings. The quantitative estimate of drug-likeness (QED) is 0.757. The number of anilines is 3. The van der Waals surface area contributed by atoms with Gasteiger partial charge in [-0.3, -0.25) is 0 Å². The molecule has 76 valence electrons. The van der Waals surface area contributed by atoms with Crippen molar-refractivity contribution in [1.29, 1.82) is 0 Å². The maximum Gasteiger partial charge on any atom is 0.223 e. The summed E-state index contributed by atoms with van der Waals surface area (Å²) in [5, 5.41) is 3.25. The number of halogens is 1. The Morgan fingerprint density at radius 3 is 2.73 bits per heavy atom. The van der Waals surface area contributed by atoms with E-state index in [9.17, 15) is 0 Å². The van der Waals surface area contributed by atoms with Crippen LogP contribution >= 0.6 is 11.6 Å². The van der Waals surface area contributed by atoms with Gasteiger partial charge in [0, 0.05) is 12.3 Å². The SMILES string of the molecule is Nc1nc(Cl)cc(Nc2ccccn2)n1. The Kier molecular flexibility index (Phi) is 2.64. The van der Waals surface area contributed by atoms with Crippen LogP contribution in [0.5, 0.6) is 0 Å². The Morgan fingerprint density at radius 2 is 2.07 bits per heavy atom. The van der Waals surface area contributed by atoms with E-state index in [0.717, 1.165) is 0 Å². The van der Waals surface area contributed by atoms with Crippen LogP contribution in [0.25, 0.3) is 0 Å². The van der Waals surface area contributed by atoms with Crippen molar-refractivity contribution in [1.82, 2.24) is 15.0 Å². The number of nitrogens with two attached hydrogens (primary N) is 1. The molecule has 0 saturated heterocycles. The van der Waals surface area contributed by atoms with Gasteiger partial charge in [0.2, 0.25) is 5.95 Å². The van der Waals surface area contributed by atoms with E-state index in [2.05, 4.69) is 20.3 Å².